The minimum absolute atomic E-state index is 0.104. The van der Waals surface area contributed by atoms with Gasteiger partial charge in [0.05, 0.1) is 18.2 Å². The van der Waals surface area contributed by atoms with Crippen molar-refractivity contribution in [3.63, 3.8) is 0 Å². The second kappa shape index (κ2) is 12.4. The minimum atomic E-state index is -0.104. The SMILES string of the molecule is C=CCO[C@H](c1ccnc2ccccc12)C1CC(CCC)C(C=C)CN1Cc1c2ccccc2cc2ccccc12. The summed E-state index contributed by atoms with van der Waals surface area (Å²) in [6.45, 7) is 12.9. The van der Waals surface area contributed by atoms with E-state index in [0.29, 0.717) is 18.4 Å². The maximum Gasteiger partial charge on any atom is 0.0991 e. The van der Waals surface area contributed by atoms with Crippen LogP contribution in [0.5, 0.6) is 0 Å². The van der Waals surface area contributed by atoms with E-state index < -0.39 is 0 Å². The molecule has 0 spiro atoms. The first-order valence-corrected chi connectivity index (χ1v) is 15.0. The highest BCUT2D eigenvalue weighted by Crippen LogP contribution is 2.42. The highest BCUT2D eigenvalue weighted by atomic mass is 16.5. The van der Waals surface area contributed by atoms with E-state index in [4.69, 9.17) is 4.74 Å². The van der Waals surface area contributed by atoms with E-state index in [1.54, 1.807) is 0 Å². The Morgan fingerprint density at radius 1 is 0.927 bits per heavy atom. The van der Waals surface area contributed by atoms with Gasteiger partial charge in [-0.2, -0.15) is 0 Å². The van der Waals surface area contributed by atoms with Gasteiger partial charge in [0.1, 0.15) is 0 Å². The molecule has 1 fully saturated rings. The number of ether oxygens (including phenoxy) is 1. The number of hydrogen-bond acceptors (Lipinski definition) is 3. The molecule has 1 aliphatic rings. The van der Waals surface area contributed by atoms with Crippen molar-refractivity contribution in [2.45, 2.75) is 44.9 Å². The van der Waals surface area contributed by atoms with Crippen molar-refractivity contribution in [2.24, 2.45) is 11.8 Å². The third-order valence-corrected chi connectivity index (χ3v) is 9.00. The van der Waals surface area contributed by atoms with Crippen LogP contribution < -0.4 is 0 Å². The Bertz CT molecular complexity index is 1610. The fourth-order valence-corrected chi connectivity index (χ4v) is 7.08. The van der Waals surface area contributed by atoms with E-state index in [-0.39, 0.29) is 12.1 Å². The lowest BCUT2D eigenvalue weighted by molar-refractivity contribution is -0.0447. The molecule has 5 aromatic rings. The molecule has 2 heterocycles. The number of para-hydroxylation sites is 1. The summed E-state index contributed by atoms with van der Waals surface area (Å²) in [6, 6.07) is 30.8. The normalized spacial score (nSPS) is 20.4. The van der Waals surface area contributed by atoms with Crippen molar-refractivity contribution in [3.05, 3.63) is 128 Å². The highest BCUT2D eigenvalue weighted by Gasteiger charge is 2.39. The van der Waals surface area contributed by atoms with Crippen LogP contribution in [0.4, 0.5) is 0 Å². The van der Waals surface area contributed by atoms with Crippen LogP contribution in [0.25, 0.3) is 32.4 Å². The fraction of sp³-hybridized carbons (Fsp3) is 0.289. The Balaban J connectivity index is 1.50. The predicted molar refractivity (Wildman–Crippen MR) is 173 cm³/mol. The number of piperidine rings is 1. The van der Waals surface area contributed by atoms with Gasteiger partial charge in [-0.1, -0.05) is 98.6 Å². The number of pyridine rings is 1. The summed E-state index contributed by atoms with van der Waals surface area (Å²) in [6.07, 6.45) is 9.33. The Morgan fingerprint density at radius 3 is 2.29 bits per heavy atom. The van der Waals surface area contributed by atoms with Gasteiger partial charge in [-0.3, -0.25) is 9.88 Å². The van der Waals surface area contributed by atoms with E-state index in [9.17, 15) is 0 Å². The third-order valence-electron chi connectivity index (χ3n) is 9.00. The van der Waals surface area contributed by atoms with E-state index in [1.807, 2.05) is 12.3 Å². The van der Waals surface area contributed by atoms with Crippen molar-refractivity contribution in [2.75, 3.05) is 13.2 Å². The van der Waals surface area contributed by atoms with Gasteiger partial charge in [-0.25, -0.2) is 0 Å². The summed E-state index contributed by atoms with van der Waals surface area (Å²) < 4.78 is 6.75. The number of likely N-dealkylation sites (tertiary alicyclic amines) is 1. The summed E-state index contributed by atoms with van der Waals surface area (Å²) >= 11 is 0. The van der Waals surface area contributed by atoms with Gasteiger partial charge in [0.25, 0.3) is 0 Å². The largest absolute Gasteiger partial charge is 0.368 e. The Morgan fingerprint density at radius 2 is 1.61 bits per heavy atom. The molecular weight excluding hydrogens is 500 g/mol. The van der Waals surface area contributed by atoms with Gasteiger partial charge < -0.3 is 4.74 Å². The quantitative estimate of drug-likeness (QED) is 0.130. The van der Waals surface area contributed by atoms with Crippen LogP contribution in [0.2, 0.25) is 0 Å². The molecule has 0 saturated carbocycles. The Hall–Kier alpha value is -3.79. The molecule has 0 amide bonds. The molecule has 208 valence electrons. The van der Waals surface area contributed by atoms with Gasteiger partial charge in [-0.05, 0) is 69.1 Å². The molecule has 6 rings (SSSR count). The van der Waals surface area contributed by atoms with Crippen molar-refractivity contribution in [1.82, 2.24) is 9.88 Å². The number of rotatable bonds is 10. The second-order valence-electron chi connectivity index (χ2n) is 11.4. The summed E-state index contributed by atoms with van der Waals surface area (Å²) in [4.78, 5) is 7.36. The summed E-state index contributed by atoms with van der Waals surface area (Å²) in [5, 5.41) is 6.40. The van der Waals surface area contributed by atoms with Gasteiger partial charge in [0.2, 0.25) is 0 Å². The van der Waals surface area contributed by atoms with Crippen molar-refractivity contribution < 1.29 is 4.74 Å². The highest BCUT2D eigenvalue weighted by molar-refractivity contribution is 6.02. The average Bonchev–Trinajstić information content (AvgIpc) is 3.02. The molecule has 0 radical (unpaired) electrons. The van der Waals surface area contributed by atoms with Gasteiger partial charge >= 0.3 is 0 Å². The molecule has 4 aromatic carbocycles. The standard InChI is InChI=1S/C38H40N2O/c1-4-13-28-24-37(38(41-22-5-2)34-20-21-39-36-19-12-11-18-33(34)36)40(25-27(28)6-3)26-35-31-16-9-7-14-29(31)23-30-15-8-10-17-32(30)35/h5-12,14-21,23,27-28,37-38H,2-4,13,22,24-26H2,1H3/t27?,28?,37?,38-/m1/s1. The number of fused-ring (bicyclic) bond motifs is 3. The molecule has 3 heteroatoms. The lowest BCUT2D eigenvalue weighted by Crippen LogP contribution is -2.49. The molecule has 41 heavy (non-hydrogen) atoms. The van der Waals surface area contributed by atoms with Crippen molar-refractivity contribution in [1.29, 1.82) is 0 Å². The average molecular weight is 541 g/mol. The monoisotopic (exact) mass is 540 g/mol. The lowest BCUT2D eigenvalue weighted by Gasteiger charge is -2.47. The van der Waals surface area contributed by atoms with Crippen LogP contribution in [0, 0.1) is 11.8 Å². The topological polar surface area (TPSA) is 25.4 Å². The minimum Gasteiger partial charge on any atom is -0.368 e. The molecule has 1 aromatic heterocycles. The van der Waals surface area contributed by atoms with Crippen LogP contribution in [0.15, 0.2) is 116 Å². The maximum atomic E-state index is 6.75. The first-order valence-electron chi connectivity index (χ1n) is 15.0. The molecule has 0 N–H and O–H groups in total. The lowest BCUT2D eigenvalue weighted by atomic mass is 9.76. The van der Waals surface area contributed by atoms with Crippen LogP contribution in [-0.2, 0) is 11.3 Å². The number of nitrogens with zero attached hydrogens (tertiary/aromatic N) is 2. The Labute approximate surface area is 244 Å². The zero-order valence-electron chi connectivity index (χ0n) is 24.1. The van der Waals surface area contributed by atoms with E-state index in [2.05, 4.69) is 121 Å². The summed E-state index contributed by atoms with van der Waals surface area (Å²) in [7, 11) is 0. The molecule has 0 aliphatic carbocycles. The molecule has 1 aliphatic heterocycles. The smallest absolute Gasteiger partial charge is 0.0991 e. The van der Waals surface area contributed by atoms with Crippen molar-refractivity contribution >= 4 is 32.4 Å². The predicted octanol–water partition coefficient (Wildman–Crippen LogP) is 9.28. The number of benzene rings is 4. The Kier molecular flexibility index (Phi) is 8.27. The molecule has 4 atom stereocenters. The maximum absolute atomic E-state index is 6.75. The van der Waals surface area contributed by atoms with Crippen LogP contribution in [0.1, 0.15) is 43.4 Å². The second-order valence-corrected chi connectivity index (χ2v) is 11.4. The van der Waals surface area contributed by atoms with Gasteiger partial charge in [0.15, 0.2) is 0 Å². The summed E-state index contributed by atoms with van der Waals surface area (Å²) in [5.74, 6) is 1.02. The first kappa shape index (κ1) is 27.4. The first-order chi connectivity index (χ1) is 20.2. The molecule has 1 saturated heterocycles. The molecular formula is C38H40N2O. The van der Waals surface area contributed by atoms with Crippen molar-refractivity contribution in [3.8, 4) is 0 Å². The third kappa shape index (κ3) is 5.45. The molecule has 3 nitrogen and oxygen atoms in total. The molecule has 3 unspecified atom stereocenters. The van der Waals surface area contributed by atoms with E-state index in [1.165, 1.54) is 45.5 Å². The van der Waals surface area contributed by atoms with Gasteiger partial charge in [0, 0.05) is 30.7 Å². The van der Waals surface area contributed by atoms with Gasteiger partial charge in [-0.15, -0.1) is 13.2 Å². The van der Waals surface area contributed by atoms with Crippen LogP contribution >= 0.6 is 0 Å². The summed E-state index contributed by atoms with van der Waals surface area (Å²) in [5.41, 5.74) is 3.61. The van der Waals surface area contributed by atoms with Crippen LogP contribution in [-0.4, -0.2) is 29.1 Å². The molecule has 0 bridgehead atoms. The number of aromatic nitrogens is 1. The number of hydrogen-bond donors (Lipinski definition) is 0. The van der Waals surface area contributed by atoms with Crippen LogP contribution in [0.3, 0.4) is 0 Å². The van der Waals surface area contributed by atoms with E-state index >= 15 is 0 Å². The zero-order chi connectivity index (χ0) is 28.2. The van der Waals surface area contributed by atoms with E-state index in [0.717, 1.165) is 30.4 Å². The fourth-order valence-electron chi connectivity index (χ4n) is 7.08. The zero-order valence-corrected chi connectivity index (χ0v) is 24.1.